The van der Waals surface area contributed by atoms with Crippen LogP contribution in [0.2, 0.25) is 12.6 Å². The highest BCUT2D eigenvalue weighted by Crippen LogP contribution is 2.23. The molecule has 14 heavy (non-hydrogen) atoms. The van der Waals surface area contributed by atoms with Crippen LogP contribution >= 0.6 is 15.8 Å². The Morgan fingerprint density at radius 3 is 1.57 bits per heavy atom. The molecule has 0 aromatic carbocycles. The Balaban J connectivity index is 3.57. The summed E-state index contributed by atoms with van der Waals surface area (Å²) in [7, 11) is 0. The van der Waals surface area contributed by atoms with Gasteiger partial charge in [0.25, 0.3) is 0 Å². The Morgan fingerprint density at radius 2 is 1.29 bits per heavy atom. The van der Waals surface area contributed by atoms with Crippen molar-refractivity contribution in [2.45, 2.75) is 66.0 Å². The zero-order valence-electron chi connectivity index (χ0n) is 10.4. The van der Waals surface area contributed by atoms with Gasteiger partial charge in [0.2, 0.25) is 5.54 Å². The van der Waals surface area contributed by atoms with Gasteiger partial charge < -0.3 is 0 Å². The molecule has 0 nitrogen and oxygen atoms in total. The van der Waals surface area contributed by atoms with E-state index in [0.717, 1.165) is 17.4 Å². The second-order valence-corrected chi connectivity index (χ2v) is 6.15. The van der Waals surface area contributed by atoms with Crippen LogP contribution in [0.15, 0.2) is 0 Å². The average molecular weight is 261 g/mol. The lowest BCUT2D eigenvalue weighted by atomic mass is 9.62. The van der Waals surface area contributed by atoms with Gasteiger partial charge in [0.05, 0.1) is 0 Å². The summed E-state index contributed by atoms with van der Waals surface area (Å²) in [5.41, 5.74) is 0.741. The molecule has 0 saturated carbocycles. The van der Waals surface area contributed by atoms with Crippen LogP contribution in [0.5, 0.6) is 0 Å². The molecule has 0 bridgehead atoms. The van der Waals surface area contributed by atoms with Gasteiger partial charge in [-0.2, -0.15) is 15.8 Å². The zero-order chi connectivity index (χ0) is 11.0. The molecule has 0 N–H and O–H groups in total. The smallest absolute Gasteiger partial charge is 0.157 e. The fourth-order valence-corrected chi connectivity index (χ4v) is 3.47. The molecule has 0 rings (SSSR count). The van der Waals surface area contributed by atoms with Gasteiger partial charge in [-0.15, -0.1) is 0 Å². The maximum Gasteiger partial charge on any atom is 0.223 e. The van der Waals surface area contributed by atoms with E-state index in [1.54, 1.807) is 0 Å². The summed E-state index contributed by atoms with van der Waals surface area (Å²) >= 11 is 3.82. The molecule has 0 aliphatic carbocycles. The lowest BCUT2D eigenvalue weighted by Crippen LogP contribution is -2.12. The van der Waals surface area contributed by atoms with E-state index in [2.05, 4.69) is 43.5 Å². The van der Waals surface area contributed by atoms with E-state index in [1.807, 2.05) is 0 Å². The fraction of sp³-hybridized carbons (Fsp3) is 1.00. The Kier molecular flexibility index (Phi) is 9.16. The Labute approximate surface area is 99.3 Å². The van der Waals surface area contributed by atoms with Crippen LogP contribution in [0.4, 0.5) is 0 Å². The van der Waals surface area contributed by atoms with E-state index in [1.165, 1.54) is 38.3 Å². The molecule has 0 aliphatic heterocycles. The third-order valence-corrected chi connectivity index (χ3v) is 3.63. The van der Waals surface area contributed by atoms with E-state index in [4.69, 9.17) is 0 Å². The van der Waals surface area contributed by atoms with E-state index in [9.17, 15) is 0 Å². The molecule has 0 spiro atoms. The third kappa shape index (κ3) is 7.90. The highest BCUT2D eigenvalue weighted by atomic mass is 79.9. The fourth-order valence-electron chi connectivity index (χ4n) is 2.19. The van der Waals surface area contributed by atoms with Gasteiger partial charge in [0, 0.05) is 0 Å². The average Bonchev–Trinajstić information content (AvgIpc) is 2.03. The molecule has 0 heterocycles. The predicted molar refractivity (Wildman–Crippen MR) is 72.4 cm³/mol. The zero-order valence-corrected chi connectivity index (χ0v) is 11.9. The molecule has 0 aromatic rings. The summed E-state index contributed by atoms with van der Waals surface area (Å²) < 4.78 is 0. The van der Waals surface area contributed by atoms with Crippen LogP contribution in [0.25, 0.3) is 0 Å². The van der Waals surface area contributed by atoms with Gasteiger partial charge in [-0.25, -0.2) is 0 Å². The van der Waals surface area contributed by atoms with Crippen molar-refractivity contribution in [3.8, 4) is 0 Å². The normalized spacial score (nSPS) is 15.2. The molecule has 2 heteroatoms. The maximum absolute atomic E-state index is 3.82. The molecule has 2 atom stereocenters. The summed E-state index contributed by atoms with van der Waals surface area (Å²) in [6.45, 7) is 9.31. The topological polar surface area (TPSA) is 0 Å². The van der Waals surface area contributed by atoms with Crippen LogP contribution in [-0.2, 0) is 0 Å². The first-order valence-electron chi connectivity index (χ1n) is 6.24. The van der Waals surface area contributed by atoms with Crippen LogP contribution < -0.4 is 0 Å². The van der Waals surface area contributed by atoms with Crippen molar-refractivity contribution in [2.24, 2.45) is 11.8 Å². The number of halogens is 1. The largest absolute Gasteiger partial charge is 0.223 e. The lowest BCUT2D eigenvalue weighted by molar-refractivity contribution is 0.553. The van der Waals surface area contributed by atoms with Crippen LogP contribution in [0, 0.1) is 11.8 Å². The molecule has 84 valence electrons. The lowest BCUT2D eigenvalue weighted by Gasteiger charge is -2.16. The van der Waals surface area contributed by atoms with Gasteiger partial charge in [-0.3, -0.25) is 0 Å². The Bertz CT molecular complexity index is 113. The molecule has 0 amide bonds. The minimum atomic E-state index is 0.741. The molecule has 2 unspecified atom stereocenters. The summed E-state index contributed by atoms with van der Waals surface area (Å²) in [6, 6.07) is 0. The third-order valence-electron chi connectivity index (χ3n) is 2.88. The first-order chi connectivity index (χ1) is 6.60. The highest BCUT2D eigenvalue weighted by Gasteiger charge is 2.16. The van der Waals surface area contributed by atoms with E-state index < -0.39 is 0 Å². The van der Waals surface area contributed by atoms with Gasteiger partial charge in [-0.05, 0) is 11.8 Å². The Morgan fingerprint density at radius 1 is 0.929 bits per heavy atom. The first-order valence-corrected chi connectivity index (χ1v) is 7.15. The highest BCUT2D eigenvalue weighted by molar-refractivity contribution is 9.24. The van der Waals surface area contributed by atoms with Crippen molar-refractivity contribution >= 4 is 21.3 Å². The van der Waals surface area contributed by atoms with E-state index in [-0.39, 0.29) is 0 Å². The van der Waals surface area contributed by atoms with Crippen LogP contribution in [-0.4, -0.2) is 5.54 Å². The molecule has 0 saturated heterocycles. The van der Waals surface area contributed by atoms with Crippen molar-refractivity contribution < 1.29 is 0 Å². The van der Waals surface area contributed by atoms with Crippen molar-refractivity contribution in [1.82, 2.24) is 0 Å². The number of rotatable bonds is 8. The quantitative estimate of drug-likeness (QED) is 0.524. The number of hydrogen-bond acceptors (Lipinski definition) is 0. The van der Waals surface area contributed by atoms with Gasteiger partial charge in [-0.1, -0.05) is 66.0 Å². The number of hydrogen-bond donors (Lipinski definition) is 0. The van der Waals surface area contributed by atoms with Crippen LogP contribution in [0.1, 0.15) is 53.4 Å². The molecule has 0 fully saturated rings. The van der Waals surface area contributed by atoms with Crippen molar-refractivity contribution in [3.05, 3.63) is 0 Å². The second kappa shape index (κ2) is 8.82. The van der Waals surface area contributed by atoms with Crippen molar-refractivity contribution in [2.75, 3.05) is 0 Å². The predicted octanol–water partition coefficient (Wildman–Crippen LogP) is 5.25. The second-order valence-electron chi connectivity index (χ2n) is 4.86. The molecule has 0 aliphatic rings. The monoisotopic (exact) mass is 260 g/mol. The minimum absolute atomic E-state index is 0.741. The summed E-state index contributed by atoms with van der Waals surface area (Å²) in [6.07, 6.45) is 8.11. The SMILES string of the molecule is CCCC(C)CB(Br)CC(C)CCC. The molecule has 0 aromatic heterocycles. The van der Waals surface area contributed by atoms with E-state index >= 15 is 0 Å². The van der Waals surface area contributed by atoms with Gasteiger partial charge >= 0.3 is 0 Å². The van der Waals surface area contributed by atoms with Crippen molar-refractivity contribution in [1.29, 1.82) is 0 Å². The maximum atomic E-state index is 3.82. The molecule has 0 radical (unpaired) electrons. The summed E-state index contributed by atoms with van der Waals surface area (Å²) in [5.74, 6) is 1.77. The van der Waals surface area contributed by atoms with Gasteiger partial charge in [0.15, 0.2) is 0 Å². The Hall–Kier alpha value is 0.545. The standard InChI is InChI=1S/C12H26BBr/c1-5-7-11(3)9-13(14)10-12(4)8-6-2/h11-12H,5-10H2,1-4H3. The summed E-state index contributed by atoms with van der Waals surface area (Å²) in [4.78, 5) is 0. The van der Waals surface area contributed by atoms with Gasteiger partial charge in [0.1, 0.15) is 0 Å². The summed E-state index contributed by atoms with van der Waals surface area (Å²) in [5, 5.41) is 0. The van der Waals surface area contributed by atoms with Crippen LogP contribution in [0.3, 0.4) is 0 Å². The minimum Gasteiger partial charge on any atom is -0.157 e. The van der Waals surface area contributed by atoms with Crippen molar-refractivity contribution in [3.63, 3.8) is 0 Å². The van der Waals surface area contributed by atoms with E-state index in [0.29, 0.717) is 0 Å². The molecular formula is C12H26BBr. The first kappa shape index (κ1) is 14.5. The molecular weight excluding hydrogens is 235 g/mol.